The molecule has 0 aliphatic rings. The van der Waals surface area contributed by atoms with Crippen molar-refractivity contribution in [1.82, 2.24) is 29.9 Å². The Hall–Kier alpha value is -5.23. The number of aromatic nitrogens is 5. The van der Waals surface area contributed by atoms with Crippen LogP contribution in [0.4, 0.5) is 5.82 Å². The van der Waals surface area contributed by atoms with E-state index in [0.29, 0.717) is 42.3 Å². The number of nitrogens with one attached hydrogen (secondary N) is 1. The lowest BCUT2D eigenvalue weighted by Crippen LogP contribution is -2.26. The van der Waals surface area contributed by atoms with Crippen molar-refractivity contribution in [1.29, 1.82) is 5.26 Å². The van der Waals surface area contributed by atoms with Crippen LogP contribution in [-0.2, 0) is 6.42 Å². The van der Waals surface area contributed by atoms with Gasteiger partial charge in [-0.3, -0.25) is 4.79 Å². The highest BCUT2D eigenvalue weighted by Gasteiger charge is 2.19. The molecule has 0 aliphatic carbocycles. The number of aryl methyl sites for hydroxylation is 1. The minimum Gasteiger partial charge on any atom is -0.382 e. The monoisotopic (exact) mass is 488 g/mol. The maximum Gasteiger partial charge on any atom is 0.290 e. The molecule has 0 saturated carbocycles. The van der Waals surface area contributed by atoms with Crippen LogP contribution in [0.25, 0.3) is 22.8 Å². The van der Waals surface area contributed by atoms with Crippen LogP contribution in [0, 0.1) is 11.3 Å². The van der Waals surface area contributed by atoms with E-state index in [0.717, 1.165) is 16.9 Å². The summed E-state index contributed by atoms with van der Waals surface area (Å²) in [6, 6.07) is 30.8. The van der Waals surface area contributed by atoms with Crippen molar-refractivity contribution in [3.8, 4) is 28.8 Å². The SMILES string of the molecule is N#Cc1c(CCCNC(=O)c2nc(-c3ccccc3)n(-c3ccccc3)n2)nn(-c2ccccc2)c1N. The van der Waals surface area contributed by atoms with E-state index in [9.17, 15) is 10.1 Å². The number of nitrogens with two attached hydrogens (primary N) is 1. The van der Waals surface area contributed by atoms with Crippen LogP contribution >= 0.6 is 0 Å². The Morgan fingerprint density at radius 3 is 2.08 bits per heavy atom. The van der Waals surface area contributed by atoms with Gasteiger partial charge in [0.1, 0.15) is 17.5 Å². The summed E-state index contributed by atoms with van der Waals surface area (Å²) in [7, 11) is 0. The van der Waals surface area contributed by atoms with E-state index in [2.05, 4.69) is 26.6 Å². The number of carbonyl (C=O) groups is 1. The van der Waals surface area contributed by atoms with Gasteiger partial charge < -0.3 is 11.1 Å². The van der Waals surface area contributed by atoms with Crippen LogP contribution in [0.1, 0.15) is 28.3 Å². The van der Waals surface area contributed by atoms with Crippen LogP contribution in [0.2, 0.25) is 0 Å². The molecule has 9 nitrogen and oxygen atoms in total. The molecule has 5 aromatic rings. The maximum absolute atomic E-state index is 12.9. The largest absolute Gasteiger partial charge is 0.382 e. The Kier molecular flexibility index (Phi) is 6.72. The average molecular weight is 489 g/mol. The molecule has 0 radical (unpaired) electrons. The van der Waals surface area contributed by atoms with Gasteiger partial charge in [-0.2, -0.15) is 10.4 Å². The first-order chi connectivity index (χ1) is 18.2. The van der Waals surface area contributed by atoms with Gasteiger partial charge in [-0.05, 0) is 37.1 Å². The van der Waals surface area contributed by atoms with E-state index in [1.807, 2.05) is 91.0 Å². The summed E-state index contributed by atoms with van der Waals surface area (Å²) in [6.45, 7) is 0.363. The molecule has 0 unspecified atom stereocenters. The van der Waals surface area contributed by atoms with Gasteiger partial charge in [0.2, 0.25) is 5.82 Å². The van der Waals surface area contributed by atoms with E-state index in [1.54, 1.807) is 9.36 Å². The molecule has 0 aliphatic heterocycles. The fraction of sp³-hybridized carbons (Fsp3) is 0.107. The van der Waals surface area contributed by atoms with Gasteiger partial charge in [-0.25, -0.2) is 14.3 Å². The van der Waals surface area contributed by atoms with Crippen LogP contribution in [0.3, 0.4) is 0 Å². The number of para-hydroxylation sites is 2. The molecule has 0 bridgehead atoms. The van der Waals surface area contributed by atoms with Crippen molar-refractivity contribution in [2.24, 2.45) is 0 Å². The fourth-order valence-corrected chi connectivity index (χ4v) is 4.01. The highest BCUT2D eigenvalue weighted by Crippen LogP contribution is 2.22. The van der Waals surface area contributed by atoms with Crippen LogP contribution in [0.15, 0.2) is 91.0 Å². The third-order valence-electron chi connectivity index (χ3n) is 5.83. The summed E-state index contributed by atoms with van der Waals surface area (Å²) in [5, 5.41) is 21.5. The number of hydrogen-bond donors (Lipinski definition) is 2. The normalized spacial score (nSPS) is 10.7. The molecule has 3 N–H and O–H groups in total. The van der Waals surface area contributed by atoms with Gasteiger partial charge in [-0.15, -0.1) is 5.10 Å². The second kappa shape index (κ2) is 10.6. The highest BCUT2D eigenvalue weighted by molar-refractivity contribution is 5.91. The number of rotatable bonds is 8. The predicted octanol–water partition coefficient (Wildman–Crippen LogP) is 3.94. The molecule has 9 heteroatoms. The van der Waals surface area contributed by atoms with E-state index in [1.165, 1.54) is 0 Å². The van der Waals surface area contributed by atoms with Crippen molar-refractivity contribution in [2.45, 2.75) is 12.8 Å². The number of hydrogen-bond acceptors (Lipinski definition) is 6. The number of amides is 1. The highest BCUT2D eigenvalue weighted by atomic mass is 16.2. The molecule has 2 heterocycles. The zero-order valence-electron chi connectivity index (χ0n) is 20.0. The first kappa shape index (κ1) is 23.5. The number of nitriles is 1. The summed E-state index contributed by atoms with van der Waals surface area (Å²) in [4.78, 5) is 17.4. The molecule has 182 valence electrons. The first-order valence-electron chi connectivity index (χ1n) is 11.8. The fourth-order valence-electron chi connectivity index (χ4n) is 4.01. The lowest BCUT2D eigenvalue weighted by molar-refractivity contribution is 0.0943. The van der Waals surface area contributed by atoms with Crippen molar-refractivity contribution in [3.05, 3.63) is 108 Å². The van der Waals surface area contributed by atoms with Gasteiger partial charge >= 0.3 is 0 Å². The van der Waals surface area contributed by atoms with Gasteiger partial charge in [0.15, 0.2) is 5.82 Å². The topological polar surface area (TPSA) is 127 Å². The Balaban J connectivity index is 1.28. The van der Waals surface area contributed by atoms with Crippen molar-refractivity contribution in [2.75, 3.05) is 12.3 Å². The van der Waals surface area contributed by atoms with Crippen molar-refractivity contribution < 1.29 is 4.79 Å². The molecule has 2 aromatic heterocycles. The Labute approximate surface area is 213 Å². The Bertz CT molecular complexity index is 1490. The zero-order chi connectivity index (χ0) is 25.6. The summed E-state index contributed by atoms with van der Waals surface area (Å²) in [5.41, 5.74) is 9.57. The number of benzene rings is 3. The van der Waals surface area contributed by atoms with Crippen LogP contribution < -0.4 is 11.1 Å². The minimum absolute atomic E-state index is 0.0815. The lowest BCUT2D eigenvalue weighted by atomic mass is 10.1. The number of nitrogen functional groups attached to an aromatic ring is 1. The zero-order valence-corrected chi connectivity index (χ0v) is 20.0. The van der Waals surface area contributed by atoms with E-state index < -0.39 is 0 Å². The molecule has 0 atom stereocenters. The van der Waals surface area contributed by atoms with Gasteiger partial charge in [0.25, 0.3) is 5.91 Å². The van der Waals surface area contributed by atoms with Crippen molar-refractivity contribution in [3.63, 3.8) is 0 Å². The molecule has 37 heavy (non-hydrogen) atoms. The van der Waals surface area contributed by atoms with Crippen LogP contribution in [0.5, 0.6) is 0 Å². The molecule has 3 aromatic carbocycles. The molecule has 5 rings (SSSR count). The van der Waals surface area contributed by atoms with Crippen molar-refractivity contribution >= 4 is 11.7 Å². The van der Waals surface area contributed by atoms with Gasteiger partial charge in [-0.1, -0.05) is 66.7 Å². The number of nitrogens with zero attached hydrogens (tertiary/aromatic N) is 6. The molecular weight excluding hydrogens is 464 g/mol. The second-order valence-corrected chi connectivity index (χ2v) is 8.30. The summed E-state index contributed by atoms with van der Waals surface area (Å²) in [5.74, 6) is 0.592. The first-order valence-corrected chi connectivity index (χ1v) is 11.8. The number of carbonyl (C=O) groups excluding carboxylic acids is 1. The number of anilines is 1. The minimum atomic E-state index is -0.373. The van der Waals surface area contributed by atoms with E-state index >= 15 is 0 Å². The molecule has 0 spiro atoms. The van der Waals surface area contributed by atoms with E-state index in [-0.39, 0.29) is 11.7 Å². The lowest BCUT2D eigenvalue weighted by Gasteiger charge is -2.05. The summed E-state index contributed by atoms with van der Waals surface area (Å²) < 4.78 is 3.24. The predicted molar refractivity (Wildman–Crippen MR) is 140 cm³/mol. The van der Waals surface area contributed by atoms with Gasteiger partial charge in [0.05, 0.1) is 17.1 Å². The smallest absolute Gasteiger partial charge is 0.290 e. The molecule has 1 amide bonds. The standard InChI is InChI=1S/C28H24N8O/c29-19-23-24(33-35(25(23)30)21-13-6-2-7-14-21)17-10-18-31-28(37)26-32-27(20-11-4-1-5-12-20)36(34-26)22-15-8-3-9-16-22/h1-9,11-16H,10,17-18,30H2,(H,31,37). The molecular formula is C28H24N8O. The average Bonchev–Trinajstić information content (AvgIpc) is 3.54. The Morgan fingerprint density at radius 1 is 0.865 bits per heavy atom. The molecule has 0 fully saturated rings. The van der Waals surface area contributed by atoms with E-state index in [4.69, 9.17) is 5.73 Å². The third-order valence-corrected chi connectivity index (χ3v) is 5.83. The third kappa shape index (κ3) is 4.94. The van der Waals surface area contributed by atoms with Gasteiger partial charge in [0, 0.05) is 12.1 Å². The second-order valence-electron chi connectivity index (χ2n) is 8.30. The summed E-state index contributed by atoms with van der Waals surface area (Å²) in [6.07, 6.45) is 1.05. The molecule has 0 saturated heterocycles. The quantitative estimate of drug-likeness (QED) is 0.319. The summed E-state index contributed by atoms with van der Waals surface area (Å²) >= 11 is 0. The Morgan fingerprint density at radius 2 is 1.46 bits per heavy atom. The maximum atomic E-state index is 12.9. The van der Waals surface area contributed by atoms with Crippen LogP contribution in [-0.4, -0.2) is 37.0 Å².